The van der Waals surface area contributed by atoms with Crippen LogP contribution in [0.5, 0.6) is 0 Å². The first-order valence-corrected chi connectivity index (χ1v) is 12.1. The minimum absolute atomic E-state index is 0.00224. The molecule has 2 N–H and O–H groups in total. The normalized spacial score (nSPS) is 18.7. The topological polar surface area (TPSA) is 95.9 Å². The van der Waals surface area contributed by atoms with Crippen molar-refractivity contribution in [3.05, 3.63) is 59.7 Å². The Labute approximate surface area is 200 Å². The average Bonchev–Trinajstić information content (AvgIpc) is 3.43. The zero-order chi connectivity index (χ0) is 24.1. The second-order valence-electron chi connectivity index (χ2n) is 9.16. The average molecular weight is 465 g/mol. The number of carbonyl (C=O) groups excluding carboxylic acids is 2. The first kappa shape index (κ1) is 23.8. The molecule has 180 valence electrons. The van der Waals surface area contributed by atoms with E-state index in [0.717, 1.165) is 30.4 Å². The number of amides is 2. The van der Waals surface area contributed by atoms with Crippen LogP contribution in [0, 0.1) is 11.8 Å². The number of hydrogen-bond donors (Lipinski definition) is 2. The lowest BCUT2D eigenvalue weighted by molar-refractivity contribution is -0.146. The monoisotopic (exact) mass is 464 g/mol. The lowest BCUT2D eigenvalue weighted by Gasteiger charge is -2.27. The highest BCUT2D eigenvalue weighted by Gasteiger charge is 2.36. The Hall–Kier alpha value is -3.35. The summed E-state index contributed by atoms with van der Waals surface area (Å²) in [4.78, 5) is 38.1. The molecule has 2 aliphatic rings. The fourth-order valence-corrected chi connectivity index (χ4v) is 5.41. The summed E-state index contributed by atoms with van der Waals surface area (Å²) in [5.74, 6) is -1.41. The fourth-order valence-electron chi connectivity index (χ4n) is 5.41. The van der Waals surface area contributed by atoms with Gasteiger partial charge in [0.05, 0.1) is 0 Å². The second-order valence-corrected chi connectivity index (χ2v) is 9.16. The standard InChI is InChI=1S/C27H32N2O5/c1-2-14-29(16-25(30)31)26(32)19-13-7-8-18(19)15-28-27(33)34-17-24-22-11-5-3-9-20(22)21-10-4-6-12-23(21)24/h3-6,9-12,18-19,24H,2,7-8,13-17H2,1H3,(H,28,33)(H,30,31). The van der Waals surface area contributed by atoms with Gasteiger partial charge in [0, 0.05) is 24.9 Å². The molecule has 0 aromatic heterocycles. The molecule has 34 heavy (non-hydrogen) atoms. The van der Waals surface area contributed by atoms with Gasteiger partial charge in [0.2, 0.25) is 5.91 Å². The molecule has 1 fully saturated rings. The molecule has 0 aliphatic heterocycles. The molecule has 1 saturated carbocycles. The molecule has 2 atom stereocenters. The number of benzene rings is 2. The molecule has 2 aliphatic carbocycles. The van der Waals surface area contributed by atoms with E-state index in [1.54, 1.807) is 0 Å². The predicted octanol–water partition coefficient (Wildman–Crippen LogP) is 4.26. The number of ether oxygens (including phenoxy) is 1. The number of alkyl carbamates (subject to hydrolysis) is 1. The minimum atomic E-state index is -1.01. The number of nitrogens with one attached hydrogen (secondary N) is 1. The third-order valence-corrected chi connectivity index (χ3v) is 6.96. The number of carboxylic acid groups (broad SMARTS) is 1. The van der Waals surface area contributed by atoms with Gasteiger partial charge in [0.1, 0.15) is 13.2 Å². The van der Waals surface area contributed by atoms with Gasteiger partial charge in [-0.05, 0) is 47.4 Å². The zero-order valence-electron chi connectivity index (χ0n) is 19.5. The molecule has 0 heterocycles. The third kappa shape index (κ3) is 5.08. The molecule has 4 rings (SSSR count). The van der Waals surface area contributed by atoms with Gasteiger partial charge in [-0.3, -0.25) is 9.59 Å². The predicted molar refractivity (Wildman–Crippen MR) is 128 cm³/mol. The van der Waals surface area contributed by atoms with Crippen LogP contribution in [0.15, 0.2) is 48.5 Å². The van der Waals surface area contributed by atoms with E-state index in [9.17, 15) is 14.4 Å². The second kappa shape index (κ2) is 10.7. The van der Waals surface area contributed by atoms with Crippen LogP contribution in [0.3, 0.4) is 0 Å². The van der Waals surface area contributed by atoms with Crippen molar-refractivity contribution in [2.45, 2.75) is 38.5 Å². The van der Waals surface area contributed by atoms with E-state index in [-0.39, 0.29) is 36.8 Å². The Kier molecular flexibility index (Phi) is 7.50. The van der Waals surface area contributed by atoms with E-state index < -0.39 is 12.1 Å². The Morgan fingerprint density at radius 2 is 1.68 bits per heavy atom. The van der Waals surface area contributed by atoms with Gasteiger partial charge in [-0.2, -0.15) is 0 Å². The van der Waals surface area contributed by atoms with Crippen LogP contribution in [0.2, 0.25) is 0 Å². The van der Waals surface area contributed by atoms with E-state index in [4.69, 9.17) is 9.84 Å². The highest BCUT2D eigenvalue weighted by atomic mass is 16.5. The molecule has 2 amide bonds. The number of hydrogen-bond acceptors (Lipinski definition) is 4. The SMILES string of the molecule is CCCN(CC(=O)O)C(=O)C1CCCC1CNC(=O)OCC1c2ccccc2-c2ccccc21. The van der Waals surface area contributed by atoms with Gasteiger partial charge in [-0.1, -0.05) is 61.9 Å². The lowest BCUT2D eigenvalue weighted by Crippen LogP contribution is -2.43. The summed E-state index contributed by atoms with van der Waals surface area (Å²) in [7, 11) is 0. The minimum Gasteiger partial charge on any atom is -0.480 e. The third-order valence-electron chi connectivity index (χ3n) is 6.96. The van der Waals surface area contributed by atoms with E-state index in [0.29, 0.717) is 19.5 Å². The van der Waals surface area contributed by atoms with Crippen molar-refractivity contribution in [1.82, 2.24) is 10.2 Å². The quantitative estimate of drug-likeness (QED) is 0.578. The van der Waals surface area contributed by atoms with Crippen LogP contribution in [0.1, 0.15) is 49.7 Å². The summed E-state index contributed by atoms with van der Waals surface area (Å²) in [6.45, 7) is 2.66. The van der Waals surface area contributed by atoms with Gasteiger partial charge >= 0.3 is 12.1 Å². The number of aliphatic carboxylic acids is 1. The van der Waals surface area contributed by atoms with Gasteiger partial charge < -0.3 is 20.1 Å². The molecule has 7 heteroatoms. The largest absolute Gasteiger partial charge is 0.480 e. The van der Waals surface area contributed by atoms with Crippen molar-refractivity contribution in [2.75, 3.05) is 26.2 Å². The van der Waals surface area contributed by atoms with Crippen LogP contribution in [0.25, 0.3) is 11.1 Å². The number of rotatable bonds is 9. The van der Waals surface area contributed by atoms with Crippen LogP contribution < -0.4 is 5.32 Å². The first-order chi connectivity index (χ1) is 16.5. The van der Waals surface area contributed by atoms with Crippen molar-refractivity contribution in [3.63, 3.8) is 0 Å². The van der Waals surface area contributed by atoms with Crippen molar-refractivity contribution in [1.29, 1.82) is 0 Å². The van der Waals surface area contributed by atoms with Gasteiger partial charge in [-0.25, -0.2) is 4.79 Å². The molecule has 2 aromatic rings. The number of carboxylic acids is 1. The summed E-state index contributed by atoms with van der Waals surface area (Å²) in [5, 5.41) is 12.0. The molecule has 7 nitrogen and oxygen atoms in total. The van der Waals surface area contributed by atoms with E-state index in [1.165, 1.54) is 16.0 Å². The van der Waals surface area contributed by atoms with Gasteiger partial charge in [0.15, 0.2) is 0 Å². The summed E-state index contributed by atoms with van der Waals surface area (Å²) >= 11 is 0. The fraction of sp³-hybridized carbons (Fsp3) is 0.444. The van der Waals surface area contributed by atoms with Gasteiger partial charge in [-0.15, -0.1) is 0 Å². The Bertz CT molecular complexity index is 1010. The van der Waals surface area contributed by atoms with Crippen LogP contribution in [0.4, 0.5) is 4.79 Å². The molecule has 0 saturated heterocycles. The van der Waals surface area contributed by atoms with E-state index >= 15 is 0 Å². The Morgan fingerprint density at radius 1 is 1.03 bits per heavy atom. The maximum Gasteiger partial charge on any atom is 0.407 e. The highest BCUT2D eigenvalue weighted by molar-refractivity contribution is 5.83. The summed E-state index contributed by atoms with van der Waals surface area (Å²) < 4.78 is 5.61. The Morgan fingerprint density at radius 3 is 2.29 bits per heavy atom. The van der Waals surface area contributed by atoms with Crippen molar-refractivity contribution in [2.24, 2.45) is 11.8 Å². The van der Waals surface area contributed by atoms with Gasteiger partial charge in [0.25, 0.3) is 0 Å². The molecular formula is C27H32N2O5. The van der Waals surface area contributed by atoms with E-state index in [2.05, 4.69) is 29.6 Å². The molecule has 0 radical (unpaired) electrons. The van der Waals surface area contributed by atoms with Crippen molar-refractivity contribution in [3.8, 4) is 11.1 Å². The molecule has 2 aromatic carbocycles. The zero-order valence-corrected chi connectivity index (χ0v) is 19.5. The highest BCUT2D eigenvalue weighted by Crippen LogP contribution is 2.44. The van der Waals surface area contributed by atoms with Crippen LogP contribution >= 0.6 is 0 Å². The van der Waals surface area contributed by atoms with Crippen LogP contribution in [-0.4, -0.2) is 54.2 Å². The Balaban J connectivity index is 1.33. The van der Waals surface area contributed by atoms with Crippen molar-refractivity contribution >= 4 is 18.0 Å². The number of nitrogens with zero attached hydrogens (tertiary/aromatic N) is 1. The molecular weight excluding hydrogens is 432 g/mol. The van der Waals surface area contributed by atoms with Crippen LogP contribution in [-0.2, 0) is 14.3 Å². The molecule has 2 unspecified atom stereocenters. The summed E-state index contributed by atoms with van der Waals surface area (Å²) in [6.07, 6.45) is 2.65. The number of carbonyl (C=O) groups is 3. The summed E-state index contributed by atoms with van der Waals surface area (Å²) in [5.41, 5.74) is 4.68. The maximum atomic E-state index is 13.0. The summed E-state index contributed by atoms with van der Waals surface area (Å²) in [6, 6.07) is 16.4. The van der Waals surface area contributed by atoms with Crippen molar-refractivity contribution < 1.29 is 24.2 Å². The first-order valence-electron chi connectivity index (χ1n) is 12.1. The smallest absolute Gasteiger partial charge is 0.407 e. The van der Waals surface area contributed by atoms with E-state index in [1.807, 2.05) is 31.2 Å². The lowest BCUT2D eigenvalue weighted by atomic mass is 9.94. The maximum absolute atomic E-state index is 13.0. The molecule has 0 bridgehead atoms. The molecule has 0 spiro atoms. The number of fused-ring (bicyclic) bond motifs is 3.